The topological polar surface area (TPSA) is 66.5 Å². The number of hydrogen-bond donors (Lipinski definition) is 1. The summed E-state index contributed by atoms with van der Waals surface area (Å²) in [7, 11) is -3.66. The first kappa shape index (κ1) is 24.5. The number of carbonyl (C=O) groups is 1. The van der Waals surface area contributed by atoms with Gasteiger partial charge in [0.1, 0.15) is 6.54 Å². The van der Waals surface area contributed by atoms with Crippen LogP contribution >= 0.6 is 0 Å². The van der Waals surface area contributed by atoms with E-state index in [0.29, 0.717) is 5.69 Å². The molecule has 0 heterocycles. The number of sulfonamides is 1. The molecule has 0 radical (unpaired) electrons. The maximum absolute atomic E-state index is 13.2. The molecular weight excluding hydrogens is 432 g/mol. The molecule has 33 heavy (non-hydrogen) atoms. The predicted octanol–water partition coefficient (Wildman–Crippen LogP) is 4.96. The van der Waals surface area contributed by atoms with E-state index in [1.54, 1.807) is 12.1 Å². The van der Waals surface area contributed by atoms with E-state index in [1.165, 1.54) is 0 Å². The molecule has 0 saturated heterocycles. The number of carbonyl (C=O) groups excluding carboxylic acids is 1. The maximum Gasteiger partial charge on any atom is 0.241 e. The van der Waals surface area contributed by atoms with Gasteiger partial charge in [0.25, 0.3) is 0 Å². The maximum atomic E-state index is 13.2. The fourth-order valence-electron chi connectivity index (χ4n) is 3.76. The normalized spacial score (nSPS) is 12.8. The van der Waals surface area contributed by atoms with Gasteiger partial charge in [-0.3, -0.25) is 9.10 Å². The fourth-order valence-corrected chi connectivity index (χ4v) is 4.62. The molecule has 0 unspecified atom stereocenters. The second kappa shape index (κ2) is 9.79. The first-order valence-electron chi connectivity index (χ1n) is 10.9. The number of nitrogens with one attached hydrogen (secondary N) is 1. The second-order valence-electron chi connectivity index (χ2n) is 9.33. The highest BCUT2D eigenvalue weighted by atomic mass is 32.2. The van der Waals surface area contributed by atoms with Gasteiger partial charge in [-0.25, -0.2) is 8.42 Å². The van der Waals surface area contributed by atoms with E-state index in [1.807, 2.05) is 73.7 Å². The molecule has 0 saturated carbocycles. The molecule has 0 fully saturated rings. The van der Waals surface area contributed by atoms with Gasteiger partial charge in [-0.15, -0.1) is 0 Å². The molecule has 3 aromatic carbocycles. The third kappa shape index (κ3) is 6.23. The van der Waals surface area contributed by atoms with Crippen LogP contribution in [0.5, 0.6) is 0 Å². The van der Waals surface area contributed by atoms with Crippen LogP contribution in [0.4, 0.5) is 5.69 Å². The molecule has 0 aliphatic heterocycles. The van der Waals surface area contributed by atoms with Crippen molar-refractivity contribution in [2.24, 2.45) is 0 Å². The summed E-state index contributed by atoms with van der Waals surface area (Å²) in [5.74, 6) is -0.377. The van der Waals surface area contributed by atoms with Crippen molar-refractivity contribution in [3.63, 3.8) is 0 Å². The number of aryl methyl sites for hydroxylation is 1. The molecule has 5 nitrogen and oxygen atoms in total. The summed E-state index contributed by atoms with van der Waals surface area (Å²) in [4.78, 5) is 13.2. The van der Waals surface area contributed by atoms with Crippen molar-refractivity contribution in [3.8, 4) is 0 Å². The Morgan fingerprint density at radius 2 is 1.48 bits per heavy atom. The molecule has 1 N–H and O–H groups in total. The third-order valence-electron chi connectivity index (χ3n) is 5.65. The molecule has 1 atom stereocenters. The van der Waals surface area contributed by atoms with E-state index in [2.05, 4.69) is 26.1 Å². The Bertz CT molecular complexity index is 1200. The summed E-state index contributed by atoms with van der Waals surface area (Å²) in [6.45, 7) is 7.98. The molecule has 3 aromatic rings. The van der Waals surface area contributed by atoms with Crippen LogP contribution < -0.4 is 9.62 Å². The van der Waals surface area contributed by atoms with Gasteiger partial charge in [-0.2, -0.15) is 0 Å². The lowest BCUT2D eigenvalue weighted by Crippen LogP contribution is -2.42. The zero-order valence-corrected chi connectivity index (χ0v) is 20.7. The zero-order chi connectivity index (χ0) is 24.2. The van der Waals surface area contributed by atoms with Crippen molar-refractivity contribution in [2.75, 3.05) is 17.1 Å². The van der Waals surface area contributed by atoms with Crippen LogP contribution in [-0.2, 0) is 20.2 Å². The number of benzene rings is 3. The van der Waals surface area contributed by atoms with Gasteiger partial charge < -0.3 is 5.32 Å². The molecule has 0 aromatic heterocycles. The third-order valence-corrected chi connectivity index (χ3v) is 6.79. The number of rotatable bonds is 7. The van der Waals surface area contributed by atoms with Gasteiger partial charge in [0.05, 0.1) is 18.0 Å². The van der Waals surface area contributed by atoms with Crippen LogP contribution in [0, 0.1) is 6.92 Å². The average Bonchev–Trinajstić information content (AvgIpc) is 2.76. The van der Waals surface area contributed by atoms with E-state index in [0.717, 1.165) is 32.8 Å². The highest BCUT2D eigenvalue weighted by molar-refractivity contribution is 7.92. The van der Waals surface area contributed by atoms with Crippen LogP contribution in [0.3, 0.4) is 0 Å². The molecule has 0 aliphatic carbocycles. The minimum Gasteiger partial charge on any atom is -0.344 e. The SMILES string of the molecule is Cc1ccccc1[C@@H](NC(=O)CN(c1ccc(C(C)(C)C)cc1)S(C)(=O)=O)c1ccccc1. The van der Waals surface area contributed by atoms with Crippen molar-refractivity contribution in [1.29, 1.82) is 0 Å². The molecule has 1 amide bonds. The molecule has 0 spiro atoms. The molecule has 174 valence electrons. The Balaban J connectivity index is 1.89. The van der Waals surface area contributed by atoms with E-state index in [9.17, 15) is 13.2 Å². The van der Waals surface area contributed by atoms with Gasteiger partial charge in [0.15, 0.2) is 0 Å². The second-order valence-corrected chi connectivity index (χ2v) is 11.2. The van der Waals surface area contributed by atoms with Gasteiger partial charge >= 0.3 is 0 Å². The standard InChI is InChI=1S/C27H32N2O3S/c1-20-11-9-10-14-24(20)26(21-12-7-6-8-13-21)28-25(30)19-29(33(5,31)32)23-17-15-22(16-18-23)27(2,3)4/h6-18,26H,19H2,1-5H3,(H,28,30)/t26-/m0/s1. The van der Waals surface area contributed by atoms with Crippen molar-refractivity contribution in [3.05, 3.63) is 101 Å². The molecule has 0 aliphatic rings. The van der Waals surface area contributed by atoms with E-state index < -0.39 is 10.0 Å². The minimum absolute atomic E-state index is 0.0533. The quantitative estimate of drug-likeness (QED) is 0.537. The highest BCUT2D eigenvalue weighted by Crippen LogP contribution is 2.27. The van der Waals surface area contributed by atoms with Crippen molar-refractivity contribution in [2.45, 2.75) is 39.2 Å². The Hall–Kier alpha value is -3.12. The fraction of sp³-hybridized carbons (Fsp3) is 0.296. The smallest absolute Gasteiger partial charge is 0.241 e. The number of anilines is 1. The van der Waals surface area contributed by atoms with Gasteiger partial charge in [-0.05, 0) is 46.7 Å². The monoisotopic (exact) mass is 464 g/mol. The molecular formula is C27H32N2O3S. The lowest BCUT2D eigenvalue weighted by Gasteiger charge is -2.26. The summed E-state index contributed by atoms with van der Waals surface area (Å²) >= 11 is 0. The largest absolute Gasteiger partial charge is 0.344 e. The lowest BCUT2D eigenvalue weighted by atomic mass is 9.87. The Kier molecular flexibility index (Phi) is 7.28. The summed E-state index contributed by atoms with van der Waals surface area (Å²) in [5, 5.41) is 3.05. The first-order valence-corrected chi connectivity index (χ1v) is 12.8. The minimum atomic E-state index is -3.66. The molecule has 3 rings (SSSR count). The Labute approximate surface area is 197 Å². The summed E-state index contributed by atoms with van der Waals surface area (Å²) in [6.07, 6.45) is 1.12. The Morgan fingerprint density at radius 3 is 2.03 bits per heavy atom. The van der Waals surface area contributed by atoms with Crippen LogP contribution in [0.2, 0.25) is 0 Å². The first-order chi connectivity index (χ1) is 15.5. The van der Waals surface area contributed by atoms with E-state index >= 15 is 0 Å². The Morgan fingerprint density at radius 1 is 0.909 bits per heavy atom. The number of hydrogen-bond acceptors (Lipinski definition) is 3. The molecule has 0 bridgehead atoms. The van der Waals surface area contributed by atoms with Crippen LogP contribution in [-0.4, -0.2) is 27.1 Å². The predicted molar refractivity (Wildman–Crippen MR) is 135 cm³/mol. The van der Waals surface area contributed by atoms with Crippen molar-refractivity contribution >= 4 is 21.6 Å². The average molecular weight is 465 g/mol. The molecule has 6 heteroatoms. The van der Waals surface area contributed by atoms with Crippen molar-refractivity contribution < 1.29 is 13.2 Å². The van der Waals surface area contributed by atoms with Crippen molar-refractivity contribution in [1.82, 2.24) is 5.32 Å². The van der Waals surface area contributed by atoms with Crippen LogP contribution in [0.25, 0.3) is 0 Å². The van der Waals surface area contributed by atoms with Gasteiger partial charge in [-0.1, -0.05) is 87.5 Å². The van der Waals surface area contributed by atoms with E-state index in [-0.39, 0.29) is 23.9 Å². The van der Waals surface area contributed by atoms with Crippen LogP contribution in [0.15, 0.2) is 78.9 Å². The highest BCUT2D eigenvalue weighted by Gasteiger charge is 2.25. The zero-order valence-electron chi connectivity index (χ0n) is 19.9. The summed E-state index contributed by atoms with van der Waals surface area (Å²) < 4.78 is 26.3. The van der Waals surface area contributed by atoms with Crippen LogP contribution in [0.1, 0.15) is 49.1 Å². The number of amides is 1. The van der Waals surface area contributed by atoms with Gasteiger partial charge in [0.2, 0.25) is 15.9 Å². The summed E-state index contributed by atoms with van der Waals surface area (Å²) in [6, 6.07) is 24.5. The van der Waals surface area contributed by atoms with Gasteiger partial charge in [0, 0.05) is 0 Å². The number of nitrogens with zero attached hydrogens (tertiary/aromatic N) is 1. The summed E-state index contributed by atoms with van der Waals surface area (Å²) in [5.41, 5.74) is 4.45. The lowest BCUT2D eigenvalue weighted by molar-refractivity contribution is -0.120. The van der Waals surface area contributed by atoms with E-state index in [4.69, 9.17) is 0 Å².